The van der Waals surface area contributed by atoms with Gasteiger partial charge in [-0.15, -0.1) is 11.3 Å². The number of hydrogen-bond acceptors (Lipinski definition) is 4. The molecule has 0 bridgehead atoms. The number of hydrogen-bond donors (Lipinski definition) is 2. The SMILES string of the molecule is COc1ccc(C)cc1NC(=O)c1cc(-c2cccs2)[nH]n1. The summed E-state index contributed by atoms with van der Waals surface area (Å²) in [5.74, 6) is 0.343. The molecule has 0 aliphatic carbocycles. The largest absolute Gasteiger partial charge is 0.495 e. The second-order valence-electron chi connectivity index (χ2n) is 4.80. The number of carbonyl (C=O) groups excluding carboxylic acids is 1. The Bertz CT molecular complexity index is 794. The van der Waals surface area contributed by atoms with E-state index in [1.165, 1.54) is 0 Å². The number of methoxy groups -OCH3 is 1. The molecular weight excluding hydrogens is 298 g/mol. The van der Waals surface area contributed by atoms with Gasteiger partial charge in [-0.05, 0) is 42.1 Å². The number of nitrogens with one attached hydrogen (secondary N) is 2. The van der Waals surface area contributed by atoms with E-state index in [1.54, 1.807) is 24.5 Å². The van der Waals surface area contributed by atoms with Crippen molar-refractivity contribution in [3.63, 3.8) is 0 Å². The van der Waals surface area contributed by atoms with Crippen molar-refractivity contribution >= 4 is 22.9 Å². The molecule has 0 spiro atoms. The quantitative estimate of drug-likeness (QED) is 0.771. The number of aryl methyl sites for hydroxylation is 1. The summed E-state index contributed by atoms with van der Waals surface area (Å²) < 4.78 is 5.26. The molecule has 0 aliphatic rings. The summed E-state index contributed by atoms with van der Waals surface area (Å²) in [6, 6.07) is 11.3. The molecule has 0 unspecified atom stereocenters. The molecule has 1 aromatic carbocycles. The molecule has 1 amide bonds. The minimum absolute atomic E-state index is 0.275. The summed E-state index contributed by atoms with van der Waals surface area (Å²) in [5.41, 5.74) is 2.84. The second-order valence-corrected chi connectivity index (χ2v) is 5.75. The molecule has 6 heteroatoms. The molecule has 2 aromatic heterocycles. The van der Waals surface area contributed by atoms with Gasteiger partial charge in [-0.3, -0.25) is 9.89 Å². The number of rotatable bonds is 4. The maximum Gasteiger partial charge on any atom is 0.276 e. The Hall–Kier alpha value is -2.60. The first-order valence-corrected chi connectivity index (χ1v) is 7.60. The first-order valence-electron chi connectivity index (χ1n) is 6.72. The molecular formula is C16H15N3O2S. The van der Waals surface area contributed by atoms with Crippen LogP contribution in [0.3, 0.4) is 0 Å². The highest BCUT2D eigenvalue weighted by atomic mass is 32.1. The summed E-state index contributed by atoms with van der Waals surface area (Å²) >= 11 is 1.59. The van der Waals surface area contributed by atoms with E-state index >= 15 is 0 Å². The fourth-order valence-corrected chi connectivity index (χ4v) is 2.79. The van der Waals surface area contributed by atoms with Crippen LogP contribution in [-0.2, 0) is 0 Å². The van der Waals surface area contributed by atoms with Crippen molar-refractivity contribution in [2.45, 2.75) is 6.92 Å². The van der Waals surface area contributed by atoms with Crippen LogP contribution in [0, 0.1) is 6.92 Å². The van der Waals surface area contributed by atoms with Crippen molar-refractivity contribution < 1.29 is 9.53 Å². The molecule has 5 nitrogen and oxygen atoms in total. The van der Waals surface area contributed by atoms with Crippen LogP contribution in [0.1, 0.15) is 16.1 Å². The standard InChI is InChI=1S/C16H15N3O2S/c1-10-5-6-14(21-2)11(8-10)17-16(20)13-9-12(18-19-13)15-4-3-7-22-15/h3-9H,1-2H3,(H,17,20)(H,18,19). The number of benzene rings is 1. The highest BCUT2D eigenvalue weighted by Crippen LogP contribution is 2.26. The number of carbonyl (C=O) groups is 1. The Morgan fingerprint density at radius 3 is 2.91 bits per heavy atom. The fourth-order valence-electron chi connectivity index (χ4n) is 2.10. The summed E-state index contributed by atoms with van der Waals surface area (Å²) in [7, 11) is 1.57. The lowest BCUT2D eigenvalue weighted by Gasteiger charge is -2.09. The lowest BCUT2D eigenvalue weighted by molar-refractivity contribution is 0.102. The summed E-state index contributed by atoms with van der Waals surface area (Å²) in [6.45, 7) is 1.96. The third-order valence-electron chi connectivity index (χ3n) is 3.20. The molecule has 3 rings (SSSR count). The average Bonchev–Trinajstić information content (AvgIpc) is 3.18. The highest BCUT2D eigenvalue weighted by Gasteiger charge is 2.14. The first-order chi connectivity index (χ1) is 10.7. The Morgan fingerprint density at radius 2 is 2.18 bits per heavy atom. The van der Waals surface area contributed by atoms with Crippen molar-refractivity contribution in [2.24, 2.45) is 0 Å². The number of H-pyrrole nitrogens is 1. The summed E-state index contributed by atoms with van der Waals surface area (Å²) in [6.07, 6.45) is 0. The van der Waals surface area contributed by atoms with Gasteiger partial charge in [0.15, 0.2) is 5.69 Å². The van der Waals surface area contributed by atoms with E-state index in [1.807, 2.05) is 42.6 Å². The van der Waals surface area contributed by atoms with Gasteiger partial charge in [0.2, 0.25) is 0 Å². The number of thiophene rings is 1. The zero-order chi connectivity index (χ0) is 15.5. The van der Waals surface area contributed by atoms with E-state index in [0.717, 1.165) is 16.1 Å². The van der Waals surface area contributed by atoms with Crippen molar-refractivity contribution in [1.29, 1.82) is 0 Å². The second kappa shape index (κ2) is 6.03. The Morgan fingerprint density at radius 1 is 1.32 bits per heavy atom. The fraction of sp³-hybridized carbons (Fsp3) is 0.125. The topological polar surface area (TPSA) is 67.0 Å². The molecule has 112 valence electrons. The molecule has 0 radical (unpaired) electrons. The number of ether oxygens (including phenoxy) is 1. The maximum absolute atomic E-state index is 12.3. The maximum atomic E-state index is 12.3. The number of amides is 1. The molecule has 0 aliphatic heterocycles. The predicted molar refractivity (Wildman–Crippen MR) is 87.6 cm³/mol. The van der Waals surface area contributed by atoms with Crippen LogP contribution in [0.5, 0.6) is 5.75 Å². The van der Waals surface area contributed by atoms with E-state index in [4.69, 9.17) is 4.74 Å². The van der Waals surface area contributed by atoms with Gasteiger partial charge in [0, 0.05) is 0 Å². The van der Waals surface area contributed by atoms with Crippen LogP contribution in [0.2, 0.25) is 0 Å². The molecule has 22 heavy (non-hydrogen) atoms. The van der Waals surface area contributed by atoms with Gasteiger partial charge in [0.05, 0.1) is 23.4 Å². The van der Waals surface area contributed by atoms with Gasteiger partial charge < -0.3 is 10.1 Å². The zero-order valence-corrected chi connectivity index (χ0v) is 13.0. The lowest BCUT2D eigenvalue weighted by atomic mass is 10.2. The van der Waals surface area contributed by atoms with E-state index in [9.17, 15) is 4.79 Å². The molecule has 3 aromatic rings. The van der Waals surface area contributed by atoms with Gasteiger partial charge in [0.25, 0.3) is 5.91 Å². The summed E-state index contributed by atoms with van der Waals surface area (Å²) in [5, 5.41) is 11.8. The Balaban J connectivity index is 1.82. The van der Waals surface area contributed by atoms with Gasteiger partial charge >= 0.3 is 0 Å². The van der Waals surface area contributed by atoms with E-state index in [0.29, 0.717) is 17.1 Å². The van der Waals surface area contributed by atoms with Crippen molar-refractivity contribution in [3.05, 3.63) is 53.0 Å². The molecule has 0 saturated carbocycles. The van der Waals surface area contributed by atoms with Crippen molar-refractivity contribution in [2.75, 3.05) is 12.4 Å². The monoisotopic (exact) mass is 313 g/mol. The lowest BCUT2D eigenvalue weighted by Crippen LogP contribution is -2.13. The van der Waals surface area contributed by atoms with Crippen LogP contribution in [0.4, 0.5) is 5.69 Å². The third kappa shape index (κ3) is 2.87. The minimum atomic E-state index is -0.275. The van der Waals surface area contributed by atoms with Crippen LogP contribution in [-0.4, -0.2) is 23.2 Å². The molecule has 0 fully saturated rings. The molecule has 0 saturated heterocycles. The van der Waals surface area contributed by atoms with Crippen molar-refractivity contribution in [1.82, 2.24) is 10.2 Å². The Labute approximate surface area is 132 Å². The first kappa shape index (κ1) is 14.3. The minimum Gasteiger partial charge on any atom is -0.495 e. The molecule has 2 heterocycles. The van der Waals surface area contributed by atoms with Crippen LogP contribution in [0.25, 0.3) is 10.6 Å². The Kier molecular flexibility index (Phi) is 3.93. The van der Waals surface area contributed by atoms with Crippen molar-refractivity contribution in [3.8, 4) is 16.3 Å². The average molecular weight is 313 g/mol. The molecule has 0 atom stereocenters. The highest BCUT2D eigenvalue weighted by molar-refractivity contribution is 7.13. The van der Waals surface area contributed by atoms with E-state index in [-0.39, 0.29) is 5.91 Å². The van der Waals surface area contributed by atoms with Gasteiger partial charge in [-0.1, -0.05) is 12.1 Å². The van der Waals surface area contributed by atoms with Crippen LogP contribution in [0.15, 0.2) is 41.8 Å². The summed E-state index contributed by atoms with van der Waals surface area (Å²) in [4.78, 5) is 13.4. The van der Waals surface area contributed by atoms with Crippen LogP contribution < -0.4 is 10.1 Å². The van der Waals surface area contributed by atoms with Crippen LogP contribution >= 0.6 is 11.3 Å². The zero-order valence-electron chi connectivity index (χ0n) is 12.2. The smallest absolute Gasteiger partial charge is 0.276 e. The van der Waals surface area contributed by atoms with Gasteiger partial charge in [-0.25, -0.2) is 0 Å². The number of aromatic amines is 1. The van der Waals surface area contributed by atoms with Gasteiger partial charge in [0.1, 0.15) is 5.75 Å². The predicted octanol–water partition coefficient (Wildman–Crippen LogP) is 3.71. The number of nitrogens with zero attached hydrogens (tertiary/aromatic N) is 1. The van der Waals surface area contributed by atoms with Gasteiger partial charge in [-0.2, -0.15) is 5.10 Å². The normalized spacial score (nSPS) is 10.5. The molecule has 2 N–H and O–H groups in total. The van der Waals surface area contributed by atoms with E-state index in [2.05, 4.69) is 15.5 Å². The van der Waals surface area contributed by atoms with E-state index < -0.39 is 0 Å². The third-order valence-corrected chi connectivity index (χ3v) is 4.10. The number of aromatic nitrogens is 2. The number of anilines is 1.